The Bertz CT molecular complexity index is 328. The zero-order valence-electron chi connectivity index (χ0n) is 8.20. The third-order valence-electron chi connectivity index (χ3n) is 1.88. The van der Waals surface area contributed by atoms with Crippen LogP contribution < -0.4 is 0 Å². The van der Waals surface area contributed by atoms with Crippen molar-refractivity contribution in [2.75, 3.05) is 0 Å². The van der Waals surface area contributed by atoms with E-state index in [2.05, 4.69) is 4.98 Å². The van der Waals surface area contributed by atoms with Gasteiger partial charge in [-0.1, -0.05) is 0 Å². The Labute approximate surface area is 81.4 Å². The van der Waals surface area contributed by atoms with Crippen molar-refractivity contribution in [1.29, 1.82) is 0 Å². The van der Waals surface area contributed by atoms with Gasteiger partial charge in [-0.15, -0.1) is 0 Å². The minimum absolute atomic E-state index is 0.0919. The van der Waals surface area contributed by atoms with E-state index in [4.69, 9.17) is 5.11 Å². The molecule has 0 saturated heterocycles. The summed E-state index contributed by atoms with van der Waals surface area (Å²) in [5.41, 5.74) is -1.20. The number of alkyl halides is 1. The fourth-order valence-corrected chi connectivity index (χ4v) is 1.06. The highest BCUT2D eigenvalue weighted by molar-refractivity contribution is 5.85. The molecule has 0 aliphatic heterocycles. The molecule has 0 bridgehead atoms. The minimum Gasteiger partial charge on any atom is -0.477 e. The lowest BCUT2D eigenvalue weighted by molar-refractivity contribution is 0.0682. The van der Waals surface area contributed by atoms with Gasteiger partial charge in [0, 0.05) is 6.54 Å². The zero-order valence-corrected chi connectivity index (χ0v) is 8.20. The summed E-state index contributed by atoms with van der Waals surface area (Å²) < 4.78 is 14.6. The van der Waals surface area contributed by atoms with Gasteiger partial charge in [0.15, 0.2) is 0 Å². The predicted molar refractivity (Wildman–Crippen MR) is 49.0 cm³/mol. The molecule has 0 amide bonds. The van der Waals surface area contributed by atoms with Gasteiger partial charge in [-0.3, -0.25) is 0 Å². The van der Waals surface area contributed by atoms with Gasteiger partial charge in [0.05, 0.1) is 12.5 Å². The van der Waals surface area contributed by atoms with E-state index < -0.39 is 11.6 Å². The van der Waals surface area contributed by atoms with Gasteiger partial charge in [-0.25, -0.2) is 14.2 Å². The van der Waals surface area contributed by atoms with Gasteiger partial charge in [0.2, 0.25) is 0 Å². The van der Waals surface area contributed by atoms with Gasteiger partial charge < -0.3 is 9.67 Å². The summed E-state index contributed by atoms with van der Waals surface area (Å²) in [6.45, 7) is 3.25. The van der Waals surface area contributed by atoms with E-state index in [-0.39, 0.29) is 12.1 Å². The van der Waals surface area contributed by atoms with Gasteiger partial charge >= 0.3 is 5.97 Å². The number of carboxylic acids is 1. The summed E-state index contributed by atoms with van der Waals surface area (Å²) in [5.74, 6) is -1.04. The lowest BCUT2D eigenvalue weighted by Crippen LogP contribution is -2.17. The number of hydrogen-bond acceptors (Lipinski definition) is 2. The number of aromatic nitrogens is 2. The summed E-state index contributed by atoms with van der Waals surface area (Å²) in [6, 6.07) is 0. The highest BCUT2D eigenvalue weighted by atomic mass is 19.1. The Balaban J connectivity index is 2.68. The van der Waals surface area contributed by atoms with Crippen LogP contribution in [0.5, 0.6) is 0 Å². The summed E-state index contributed by atoms with van der Waals surface area (Å²) in [5, 5.41) is 8.73. The Morgan fingerprint density at radius 3 is 2.86 bits per heavy atom. The van der Waals surface area contributed by atoms with E-state index in [0.717, 1.165) is 0 Å². The maximum absolute atomic E-state index is 13.1. The monoisotopic (exact) mass is 200 g/mol. The number of aromatic carboxylic acids is 1. The van der Waals surface area contributed by atoms with E-state index in [1.54, 1.807) is 0 Å². The standard InChI is InChI=1S/C9H13FN2O2/c1-9(2,10)3-4-12-6-11-5-7(12)8(13)14/h5-6H,3-4H2,1-2H3,(H,13,14). The molecule has 0 atom stereocenters. The molecule has 4 nitrogen and oxygen atoms in total. The van der Waals surface area contributed by atoms with Crippen LogP contribution in [0.3, 0.4) is 0 Å². The van der Waals surface area contributed by atoms with Crippen LogP contribution >= 0.6 is 0 Å². The van der Waals surface area contributed by atoms with Crippen molar-refractivity contribution in [2.24, 2.45) is 0 Å². The number of halogens is 1. The molecule has 1 aromatic rings. The number of hydrogen-bond donors (Lipinski definition) is 1. The highest BCUT2D eigenvalue weighted by Gasteiger charge is 2.17. The first-order valence-electron chi connectivity index (χ1n) is 4.32. The quantitative estimate of drug-likeness (QED) is 0.805. The zero-order chi connectivity index (χ0) is 10.8. The average Bonchev–Trinajstić information content (AvgIpc) is 2.46. The SMILES string of the molecule is CC(C)(F)CCn1cncc1C(=O)O. The van der Waals surface area contributed by atoms with Gasteiger partial charge in [0.25, 0.3) is 0 Å². The molecule has 5 heteroatoms. The molecular weight excluding hydrogens is 187 g/mol. The van der Waals surface area contributed by atoms with Crippen molar-refractivity contribution < 1.29 is 14.3 Å². The van der Waals surface area contributed by atoms with E-state index in [1.807, 2.05) is 0 Å². The van der Waals surface area contributed by atoms with Crippen LogP contribution in [0, 0.1) is 0 Å². The summed E-state index contributed by atoms with van der Waals surface area (Å²) in [4.78, 5) is 14.4. The molecule has 1 N–H and O–H groups in total. The predicted octanol–water partition coefficient (Wildman–Crippen LogP) is 1.72. The van der Waals surface area contributed by atoms with Crippen molar-refractivity contribution in [2.45, 2.75) is 32.5 Å². The van der Waals surface area contributed by atoms with Crippen molar-refractivity contribution in [3.05, 3.63) is 18.2 Å². The molecule has 1 aromatic heterocycles. The van der Waals surface area contributed by atoms with Gasteiger partial charge in [-0.05, 0) is 20.3 Å². The molecule has 0 aliphatic rings. The molecule has 0 unspecified atom stereocenters. The second kappa shape index (κ2) is 3.77. The summed E-state index contributed by atoms with van der Waals surface area (Å²) >= 11 is 0. The van der Waals surface area contributed by atoms with Crippen LogP contribution in [0.1, 0.15) is 30.8 Å². The molecule has 0 spiro atoms. The third kappa shape index (κ3) is 2.83. The average molecular weight is 200 g/mol. The first kappa shape index (κ1) is 10.7. The van der Waals surface area contributed by atoms with Crippen LogP contribution in [0.15, 0.2) is 12.5 Å². The lowest BCUT2D eigenvalue weighted by atomic mass is 10.1. The maximum Gasteiger partial charge on any atom is 0.354 e. The van der Waals surface area contributed by atoms with E-state index in [1.165, 1.54) is 30.9 Å². The van der Waals surface area contributed by atoms with Crippen molar-refractivity contribution in [3.8, 4) is 0 Å². The number of carboxylic acid groups (broad SMARTS) is 1. The molecule has 0 saturated carbocycles. The van der Waals surface area contributed by atoms with Crippen LogP contribution in [0.2, 0.25) is 0 Å². The molecule has 0 fully saturated rings. The Kier molecular flexibility index (Phi) is 2.88. The van der Waals surface area contributed by atoms with Crippen LogP contribution in [0.4, 0.5) is 4.39 Å². The lowest BCUT2D eigenvalue weighted by Gasteiger charge is -2.14. The molecule has 0 aliphatic carbocycles. The molecule has 0 aromatic carbocycles. The van der Waals surface area contributed by atoms with E-state index in [9.17, 15) is 9.18 Å². The second-order valence-corrected chi connectivity index (χ2v) is 3.75. The summed E-state index contributed by atoms with van der Waals surface area (Å²) in [6.07, 6.45) is 2.92. The van der Waals surface area contributed by atoms with E-state index in [0.29, 0.717) is 6.54 Å². The number of nitrogens with zero attached hydrogens (tertiary/aromatic N) is 2. The normalized spacial score (nSPS) is 11.6. The van der Waals surface area contributed by atoms with Crippen LogP contribution in [0.25, 0.3) is 0 Å². The number of rotatable bonds is 4. The molecule has 1 heterocycles. The van der Waals surface area contributed by atoms with Crippen molar-refractivity contribution in [3.63, 3.8) is 0 Å². The molecule has 1 rings (SSSR count). The minimum atomic E-state index is -1.29. The van der Waals surface area contributed by atoms with Gasteiger partial charge in [0.1, 0.15) is 11.4 Å². The summed E-state index contributed by atoms with van der Waals surface area (Å²) in [7, 11) is 0. The Hall–Kier alpha value is -1.39. The smallest absolute Gasteiger partial charge is 0.354 e. The topological polar surface area (TPSA) is 55.1 Å². The third-order valence-corrected chi connectivity index (χ3v) is 1.88. The van der Waals surface area contributed by atoms with Crippen LogP contribution in [-0.2, 0) is 6.54 Å². The largest absolute Gasteiger partial charge is 0.477 e. The number of aryl methyl sites for hydroxylation is 1. The van der Waals surface area contributed by atoms with Crippen LogP contribution in [-0.4, -0.2) is 26.3 Å². The first-order valence-corrected chi connectivity index (χ1v) is 4.32. The maximum atomic E-state index is 13.1. The van der Waals surface area contributed by atoms with E-state index >= 15 is 0 Å². The molecule has 0 radical (unpaired) electrons. The second-order valence-electron chi connectivity index (χ2n) is 3.75. The molecular formula is C9H13FN2O2. The van der Waals surface area contributed by atoms with Crippen molar-refractivity contribution in [1.82, 2.24) is 9.55 Å². The number of carbonyl (C=O) groups is 1. The fourth-order valence-electron chi connectivity index (χ4n) is 1.06. The van der Waals surface area contributed by atoms with Crippen molar-refractivity contribution >= 4 is 5.97 Å². The Morgan fingerprint density at radius 1 is 1.71 bits per heavy atom. The fraction of sp³-hybridized carbons (Fsp3) is 0.556. The first-order chi connectivity index (χ1) is 6.40. The highest BCUT2D eigenvalue weighted by Crippen LogP contribution is 2.15. The van der Waals surface area contributed by atoms with Gasteiger partial charge in [-0.2, -0.15) is 0 Å². The molecule has 78 valence electrons. The molecule has 14 heavy (non-hydrogen) atoms. The number of imidazole rings is 1. The Morgan fingerprint density at radius 2 is 2.36 bits per heavy atom.